The van der Waals surface area contributed by atoms with Gasteiger partial charge >= 0.3 is 0 Å². The number of amidine groups is 1. The van der Waals surface area contributed by atoms with Crippen LogP contribution in [0.3, 0.4) is 0 Å². The molecule has 0 aliphatic carbocycles. The lowest BCUT2D eigenvalue weighted by atomic mass is 10.1. The summed E-state index contributed by atoms with van der Waals surface area (Å²) in [5.41, 5.74) is 1.98. The van der Waals surface area contributed by atoms with E-state index in [4.69, 9.17) is 51.1 Å². The van der Waals surface area contributed by atoms with E-state index in [1.807, 2.05) is 24.3 Å². The van der Waals surface area contributed by atoms with E-state index in [0.29, 0.717) is 47.2 Å². The van der Waals surface area contributed by atoms with Crippen LogP contribution >= 0.6 is 74.1 Å². The summed E-state index contributed by atoms with van der Waals surface area (Å²) < 4.78 is 6.84. The quantitative estimate of drug-likeness (QED) is 0.298. The number of carbonyl (C=O) groups is 1. The molecule has 0 saturated carbocycles. The van der Waals surface area contributed by atoms with Gasteiger partial charge in [0, 0.05) is 25.6 Å². The van der Waals surface area contributed by atoms with E-state index in [0.717, 1.165) is 10.0 Å². The number of nitrogens with one attached hydrogen (secondary N) is 1. The lowest BCUT2D eigenvalue weighted by molar-refractivity contribution is -0.115. The van der Waals surface area contributed by atoms with Crippen molar-refractivity contribution in [3.05, 3.63) is 95.2 Å². The van der Waals surface area contributed by atoms with Crippen molar-refractivity contribution in [2.45, 2.75) is 6.61 Å². The van der Waals surface area contributed by atoms with Crippen LogP contribution < -0.4 is 10.1 Å². The van der Waals surface area contributed by atoms with Crippen LogP contribution in [0.2, 0.25) is 20.1 Å². The smallest absolute Gasteiger partial charge is 0.264 e. The zero-order valence-corrected chi connectivity index (χ0v) is 22.0. The summed E-state index contributed by atoms with van der Waals surface area (Å²) in [5.74, 6) is 0.317. The average Bonchev–Trinajstić information content (AvgIpc) is 3.10. The van der Waals surface area contributed by atoms with Gasteiger partial charge in [0.15, 0.2) is 5.17 Å². The average molecular weight is 603 g/mol. The summed E-state index contributed by atoms with van der Waals surface area (Å²) in [6.45, 7) is 0.243. The number of rotatable bonds is 5. The predicted molar refractivity (Wildman–Crippen MR) is 142 cm³/mol. The minimum Gasteiger partial charge on any atom is -0.488 e. The van der Waals surface area contributed by atoms with E-state index < -0.39 is 0 Å². The third kappa shape index (κ3) is 6.07. The number of amides is 1. The molecule has 0 unspecified atom stereocenters. The predicted octanol–water partition coefficient (Wildman–Crippen LogP) is 8.53. The lowest BCUT2D eigenvalue weighted by Gasteiger charge is -2.11. The molecule has 33 heavy (non-hydrogen) atoms. The molecule has 0 atom stereocenters. The molecule has 4 rings (SSSR count). The van der Waals surface area contributed by atoms with Crippen LogP contribution in [0.25, 0.3) is 6.08 Å². The number of aliphatic imine (C=N–C) groups is 1. The first kappa shape index (κ1) is 24.5. The van der Waals surface area contributed by atoms with Crippen molar-refractivity contribution in [1.82, 2.24) is 5.32 Å². The van der Waals surface area contributed by atoms with Crippen molar-refractivity contribution >= 4 is 96.9 Å². The van der Waals surface area contributed by atoms with Gasteiger partial charge in [-0.3, -0.25) is 4.79 Å². The van der Waals surface area contributed by atoms with Gasteiger partial charge in [0.05, 0.1) is 20.6 Å². The second-order valence-corrected chi connectivity index (χ2v) is 10.3. The summed E-state index contributed by atoms with van der Waals surface area (Å²) in [7, 11) is 0. The first-order chi connectivity index (χ1) is 15.8. The topological polar surface area (TPSA) is 50.7 Å². The molecule has 0 radical (unpaired) electrons. The van der Waals surface area contributed by atoms with Gasteiger partial charge in [-0.05, 0) is 60.3 Å². The molecule has 1 N–H and O–H groups in total. The fourth-order valence-electron chi connectivity index (χ4n) is 2.87. The summed E-state index contributed by atoms with van der Waals surface area (Å²) in [6, 6.07) is 15.9. The highest BCUT2D eigenvalue weighted by atomic mass is 79.9. The first-order valence-corrected chi connectivity index (χ1v) is 12.5. The second-order valence-electron chi connectivity index (χ2n) is 6.76. The molecular weight excluding hydrogens is 590 g/mol. The first-order valence-electron chi connectivity index (χ1n) is 9.40. The molecule has 3 aromatic rings. The Labute approximate surface area is 223 Å². The second kappa shape index (κ2) is 10.7. The van der Waals surface area contributed by atoms with Crippen LogP contribution in [0.5, 0.6) is 5.75 Å². The maximum atomic E-state index is 12.6. The molecule has 4 nitrogen and oxygen atoms in total. The van der Waals surface area contributed by atoms with Crippen molar-refractivity contribution in [1.29, 1.82) is 0 Å². The number of hydrogen-bond acceptors (Lipinski definition) is 4. The molecule has 10 heteroatoms. The zero-order chi connectivity index (χ0) is 23.5. The molecule has 0 spiro atoms. The van der Waals surface area contributed by atoms with Gasteiger partial charge in [-0.25, -0.2) is 4.99 Å². The summed E-state index contributed by atoms with van der Waals surface area (Å²) >= 11 is 29.1. The lowest BCUT2D eigenvalue weighted by Crippen LogP contribution is -2.19. The largest absolute Gasteiger partial charge is 0.488 e. The van der Waals surface area contributed by atoms with E-state index >= 15 is 0 Å². The van der Waals surface area contributed by atoms with Crippen molar-refractivity contribution in [3.63, 3.8) is 0 Å². The van der Waals surface area contributed by atoms with Crippen LogP contribution in [0, 0.1) is 0 Å². The maximum absolute atomic E-state index is 12.6. The van der Waals surface area contributed by atoms with Gasteiger partial charge in [0.1, 0.15) is 12.4 Å². The molecule has 168 valence electrons. The van der Waals surface area contributed by atoms with E-state index in [1.54, 1.807) is 36.4 Å². The van der Waals surface area contributed by atoms with Gasteiger partial charge < -0.3 is 10.1 Å². The fraction of sp³-hybridized carbons (Fsp3) is 0.0435. The van der Waals surface area contributed by atoms with E-state index in [1.165, 1.54) is 11.8 Å². The highest BCUT2D eigenvalue weighted by molar-refractivity contribution is 9.10. The standard InChI is InChI=1S/C23H13BrCl4N2O2S/c24-14-5-7-19(32-11-12-4-6-15(25)10-17(12)27)13(8-14)9-20-22(31)30-23(33-20)29-18-3-1-2-16(26)21(18)28/h1-10H,11H2,(H,29,30,31)/b20-9+. The number of carbonyl (C=O) groups excluding carboxylic acids is 1. The van der Waals surface area contributed by atoms with Crippen molar-refractivity contribution in [2.75, 3.05) is 0 Å². The maximum Gasteiger partial charge on any atom is 0.264 e. The molecular formula is C23H13BrCl4N2O2S. The van der Waals surface area contributed by atoms with Crippen molar-refractivity contribution < 1.29 is 9.53 Å². The number of thioether (sulfide) groups is 1. The Morgan fingerprint density at radius 2 is 1.85 bits per heavy atom. The number of hydrogen-bond donors (Lipinski definition) is 1. The van der Waals surface area contributed by atoms with Crippen molar-refractivity contribution in [2.24, 2.45) is 4.99 Å². The Balaban J connectivity index is 1.58. The van der Waals surface area contributed by atoms with Gasteiger partial charge in [-0.1, -0.05) is 74.5 Å². The normalized spacial score (nSPS) is 15.8. The molecule has 1 aliphatic rings. The Morgan fingerprint density at radius 1 is 1.03 bits per heavy atom. The molecule has 1 saturated heterocycles. The van der Waals surface area contributed by atoms with Crippen LogP contribution in [-0.4, -0.2) is 11.1 Å². The van der Waals surface area contributed by atoms with Gasteiger partial charge in [0.2, 0.25) is 0 Å². The van der Waals surface area contributed by atoms with Gasteiger partial charge in [-0.2, -0.15) is 0 Å². The third-order valence-corrected chi connectivity index (χ3v) is 7.26. The van der Waals surface area contributed by atoms with Crippen LogP contribution in [-0.2, 0) is 11.4 Å². The summed E-state index contributed by atoms with van der Waals surface area (Å²) in [4.78, 5) is 17.4. The van der Waals surface area contributed by atoms with Crippen LogP contribution in [0.15, 0.2) is 69.0 Å². The number of halogens is 5. The molecule has 3 aromatic carbocycles. The monoisotopic (exact) mass is 600 g/mol. The fourth-order valence-corrected chi connectivity index (χ4v) is 4.87. The highest BCUT2D eigenvalue weighted by Crippen LogP contribution is 2.36. The van der Waals surface area contributed by atoms with E-state index in [2.05, 4.69) is 26.2 Å². The van der Waals surface area contributed by atoms with E-state index in [-0.39, 0.29) is 12.5 Å². The number of nitrogens with zero attached hydrogens (tertiary/aromatic N) is 1. The number of ether oxygens (including phenoxy) is 1. The zero-order valence-electron chi connectivity index (χ0n) is 16.5. The number of benzene rings is 3. The van der Waals surface area contributed by atoms with Gasteiger partial charge in [0.25, 0.3) is 5.91 Å². The summed E-state index contributed by atoms with van der Waals surface area (Å²) in [6.07, 6.45) is 1.74. The Hall–Kier alpha value is -1.67. The summed E-state index contributed by atoms with van der Waals surface area (Å²) in [5, 5.41) is 4.93. The Morgan fingerprint density at radius 3 is 2.64 bits per heavy atom. The highest BCUT2D eigenvalue weighted by Gasteiger charge is 2.25. The molecule has 0 aromatic heterocycles. The van der Waals surface area contributed by atoms with Gasteiger partial charge in [-0.15, -0.1) is 0 Å². The minimum atomic E-state index is -0.274. The molecule has 0 bridgehead atoms. The molecule has 1 heterocycles. The molecule has 1 fully saturated rings. The SMILES string of the molecule is O=C1NC(=Nc2cccc(Cl)c2Cl)S/C1=C/c1cc(Br)ccc1OCc1ccc(Cl)cc1Cl. The third-order valence-electron chi connectivity index (χ3n) is 4.46. The minimum absolute atomic E-state index is 0.243. The molecule has 1 aliphatic heterocycles. The van der Waals surface area contributed by atoms with Crippen LogP contribution in [0.4, 0.5) is 5.69 Å². The Bertz CT molecular complexity index is 1310. The van der Waals surface area contributed by atoms with E-state index in [9.17, 15) is 4.79 Å². The van der Waals surface area contributed by atoms with Crippen LogP contribution in [0.1, 0.15) is 11.1 Å². The van der Waals surface area contributed by atoms with Crippen molar-refractivity contribution in [3.8, 4) is 5.75 Å². The Kier molecular flexibility index (Phi) is 7.95. The molecule has 1 amide bonds.